The number of halogens is 5. The van der Waals surface area contributed by atoms with Gasteiger partial charge in [-0.3, -0.25) is 4.79 Å². The number of benzene rings is 1. The summed E-state index contributed by atoms with van der Waals surface area (Å²) in [4.78, 5) is 16.1. The summed E-state index contributed by atoms with van der Waals surface area (Å²) in [6, 6.07) is 5.99. The van der Waals surface area contributed by atoms with Crippen molar-refractivity contribution in [3.05, 3.63) is 70.4 Å². The van der Waals surface area contributed by atoms with Crippen molar-refractivity contribution < 1.29 is 22.4 Å². The van der Waals surface area contributed by atoms with Gasteiger partial charge in [0.25, 0.3) is 5.91 Å². The number of alkyl halides is 3. The molecule has 9 heteroatoms. The van der Waals surface area contributed by atoms with E-state index in [9.17, 15) is 22.4 Å². The van der Waals surface area contributed by atoms with E-state index < -0.39 is 23.5 Å². The van der Waals surface area contributed by atoms with Crippen molar-refractivity contribution in [2.24, 2.45) is 0 Å². The van der Waals surface area contributed by atoms with Gasteiger partial charge in [0, 0.05) is 12.4 Å². The molecule has 3 aromatic rings. The van der Waals surface area contributed by atoms with Crippen LogP contribution in [0.3, 0.4) is 0 Å². The Morgan fingerprint density at radius 2 is 1.96 bits per heavy atom. The van der Waals surface area contributed by atoms with Crippen LogP contribution >= 0.6 is 11.6 Å². The number of hydrogen-bond acceptors (Lipinski definition) is 2. The molecule has 2 heterocycles. The van der Waals surface area contributed by atoms with Crippen LogP contribution in [-0.2, 0) is 12.7 Å². The molecule has 3 rings (SSSR count). The maximum Gasteiger partial charge on any atom is 0.417 e. The monoisotopic (exact) mass is 371 g/mol. The van der Waals surface area contributed by atoms with E-state index in [1.54, 1.807) is 0 Å². The van der Waals surface area contributed by atoms with E-state index >= 15 is 0 Å². The molecular formula is C16H10ClF4N3O. The van der Waals surface area contributed by atoms with Crippen molar-refractivity contribution in [3.8, 4) is 0 Å². The van der Waals surface area contributed by atoms with E-state index in [0.29, 0.717) is 11.3 Å². The summed E-state index contributed by atoms with van der Waals surface area (Å²) in [5, 5.41) is 2.40. The molecular weight excluding hydrogens is 362 g/mol. The molecule has 0 radical (unpaired) electrons. The van der Waals surface area contributed by atoms with Crippen LogP contribution in [0.1, 0.15) is 21.6 Å². The summed E-state index contributed by atoms with van der Waals surface area (Å²) >= 11 is 5.80. The lowest BCUT2D eigenvalue weighted by Crippen LogP contribution is -2.24. The summed E-state index contributed by atoms with van der Waals surface area (Å²) in [5.74, 6) is -1.51. The molecule has 25 heavy (non-hydrogen) atoms. The Kier molecular flexibility index (Phi) is 4.38. The van der Waals surface area contributed by atoms with Crippen LogP contribution in [0, 0.1) is 5.82 Å². The zero-order chi connectivity index (χ0) is 18.2. The summed E-state index contributed by atoms with van der Waals surface area (Å²) < 4.78 is 53.0. The summed E-state index contributed by atoms with van der Waals surface area (Å²) in [6.07, 6.45) is -2.20. The standard InChI is InChI=1S/C16H10ClF4N3O/c17-11-2-1-3-12(18)14(11)15(25)22-6-10-8-24-7-9(16(19,20)21)4-5-13(24)23-10/h1-5,7-8H,6H2,(H,22,25). The maximum atomic E-state index is 13.7. The zero-order valence-electron chi connectivity index (χ0n) is 12.4. The average Bonchev–Trinajstić information content (AvgIpc) is 2.94. The molecule has 0 spiro atoms. The first-order chi connectivity index (χ1) is 11.8. The second-order valence-corrected chi connectivity index (χ2v) is 5.60. The van der Waals surface area contributed by atoms with Gasteiger partial charge in [-0.25, -0.2) is 9.37 Å². The second kappa shape index (κ2) is 6.36. The van der Waals surface area contributed by atoms with Crippen LogP contribution in [0.5, 0.6) is 0 Å². The number of fused-ring (bicyclic) bond motifs is 1. The quantitative estimate of drug-likeness (QED) is 0.705. The number of amides is 1. The van der Waals surface area contributed by atoms with Gasteiger partial charge >= 0.3 is 6.18 Å². The van der Waals surface area contributed by atoms with Gasteiger partial charge in [0.2, 0.25) is 0 Å². The molecule has 0 saturated heterocycles. The molecule has 1 aromatic carbocycles. The van der Waals surface area contributed by atoms with Crippen LogP contribution in [-0.4, -0.2) is 15.3 Å². The number of pyridine rings is 1. The summed E-state index contributed by atoms with van der Waals surface area (Å²) in [6.45, 7) is -0.0907. The topological polar surface area (TPSA) is 46.4 Å². The highest BCUT2D eigenvalue weighted by Crippen LogP contribution is 2.29. The Bertz CT molecular complexity index is 932. The van der Waals surface area contributed by atoms with Gasteiger partial charge in [0.1, 0.15) is 11.5 Å². The van der Waals surface area contributed by atoms with Crippen molar-refractivity contribution in [3.63, 3.8) is 0 Å². The molecule has 0 atom stereocenters. The number of imidazole rings is 1. The summed E-state index contributed by atoms with van der Waals surface area (Å²) in [7, 11) is 0. The first-order valence-electron chi connectivity index (χ1n) is 7.03. The normalized spacial score (nSPS) is 11.7. The van der Waals surface area contributed by atoms with E-state index in [2.05, 4.69) is 10.3 Å². The van der Waals surface area contributed by atoms with Crippen LogP contribution in [0.4, 0.5) is 17.6 Å². The highest BCUT2D eigenvalue weighted by atomic mass is 35.5. The maximum absolute atomic E-state index is 13.7. The molecule has 0 bridgehead atoms. The van der Waals surface area contributed by atoms with E-state index in [-0.39, 0.29) is 17.1 Å². The third-order valence-corrected chi connectivity index (χ3v) is 3.76. The smallest absolute Gasteiger partial charge is 0.346 e. The number of nitrogens with one attached hydrogen (secondary N) is 1. The summed E-state index contributed by atoms with van der Waals surface area (Å²) in [5.41, 5.74) is -0.500. The Morgan fingerprint density at radius 1 is 1.20 bits per heavy atom. The van der Waals surface area contributed by atoms with Crippen LogP contribution in [0.2, 0.25) is 5.02 Å². The molecule has 2 aromatic heterocycles. The molecule has 0 unspecified atom stereocenters. The number of rotatable bonds is 3. The number of carbonyl (C=O) groups is 1. The minimum Gasteiger partial charge on any atom is -0.346 e. The van der Waals surface area contributed by atoms with Crippen LogP contribution in [0.15, 0.2) is 42.7 Å². The molecule has 0 aliphatic heterocycles. The number of nitrogens with zero attached hydrogens (tertiary/aromatic N) is 2. The van der Waals surface area contributed by atoms with Gasteiger partial charge in [-0.05, 0) is 24.3 Å². The van der Waals surface area contributed by atoms with Gasteiger partial charge < -0.3 is 9.72 Å². The van der Waals surface area contributed by atoms with E-state index in [0.717, 1.165) is 18.3 Å². The van der Waals surface area contributed by atoms with Crippen molar-refractivity contribution in [1.29, 1.82) is 0 Å². The minimum absolute atomic E-state index is 0.0395. The van der Waals surface area contributed by atoms with E-state index in [1.807, 2.05) is 0 Å². The van der Waals surface area contributed by atoms with Crippen molar-refractivity contribution in [2.75, 3.05) is 0 Å². The minimum atomic E-state index is -4.46. The zero-order valence-corrected chi connectivity index (χ0v) is 13.2. The van der Waals surface area contributed by atoms with E-state index in [1.165, 1.54) is 28.8 Å². The van der Waals surface area contributed by atoms with Gasteiger partial charge in [-0.2, -0.15) is 13.2 Å². The first-order valence-corrected chi connectivity index (χ1v) is 7.40. The lowest BCUT2D eigenvalue weighted by Gasteiger charge is -2.06. The molecule has 0 saturated carbocycles. The van der Waals surface area contributed by atoms with Crippen molar-refractivity contribution >= 4 is 23.2 Å². The Morgan fingerprint density at radius 3 is 2.64 bits per heavy atom. The Labute approximate surface area is 144 Å². The average molecular weight is 372 g/mol. The third kappa shape index (κ3) is 3.58. The SMILES string of the molecule is O=C(NCc1cn2cc(C(F)(F)F)ccc2n1)c1c(F)cccc1Cl. The highest BCUT2D eigenvalue weighted by Gasteiger charge is 2.30. The second-order valence-electron chi connectivity index (χ2n) is 5.19. The lowest BCUT2D eigenvalue weighted by molar-refractivity contribution is -0.137. The Hall–Kier alpha value is -2.61. The molecule has 130 valence electrons. The molecule has 1 amide bonds. The van der Waals surface area contributed by atoms with Gasteiger partial charge in [0.15, 0.2) is 0 Å². The van der Waals surface area contributed by atoms with Crippen molar-refractivity contribution in [1.82, 2.24) is 14.7 Å². The van der Waals surface area contributed by atoms with Gasteiger partial charge in [-0.1, -0.05) is 17.7 Å². The lowest BCUT2D eigenvalue weighted by atomic mass is 10.2. The fraction of sp³-hybridized carbons (Fsp3) is 0.125. The highest BCUT2D eigenvalue weighted by molar-refractivity contribution is 6.33. The number of aromatic nitrogens is 2. The number of hydrogen-bond donors (Lipinski definition) is 1. The first kappa shape index (κ1) is 17.2. The van der Waals surface area contributed by atoms with Gasteiger partial charge in [0.05, 0.1) is 28.4 Å². The fourth-order valence-corrected chi connectivity index (χ4v) is 2.52. The van der Waals surface area contributed by atoms with Crippen LogP contribution in [0.25, 0.3) is 5.65 Å². The van der Waals surface area contributed by atoms with E-state index in [4.69, 9.17) is 11.6 Å². The molecule has 4 nitrogen and oxygen atoms in total. The predicted octanol–water partition coefficient (Wildman–Crippen LogP) is 4.08. The molecule has 1 N–H and O–H groups in total. The largest absolute Gasteiger partial charge is 0.417 e. The fourth-order valence-electron chi connectivity index (χ4n) is 2.27. The van der Waals surface area contributed by atoms with Crippen LogP contribution < -0.4 is 5.32 Å². The molecule has 0 aliphatic rings. The predicted molar refractivity (Wildman–Crippen MR) is 82.8 cm³/mol. The van der Waals surface area contributed by atoms with Gasteiger partial charge in [-0.15, -0.1) is 0 Å². The molecule has 0 fully saturated rings. The molecule has 0 aliphatic carbocycles. The number of carbonyl (C=O) groups excluding carboxylic acids is 1. The van der Waals surface area contributed by atoms with Crippen molar-refractivity contribution in [2.45, 2.75) is 12.7 Å². The Balaban J connectivity index is 1.78. The third-order valence-electron chi connectivity index (χ3n) is 3.45.